The normalized spacial score (nSPS) is 11.9. The molecule has 0 saturated heterocycles. The van der Waals surface area contributed by atoms with Crippen LogP contribution in [0.3, 0.4) is 0 Å². The summed E-state index contributed by atoms with van der Waals surface area (Å²) in [5.74, 6) is 1.58. The van der Waals surface area contributed by atoms with Crippen LogP contribution in [0.15, 0.2) is 53.0 Å². The molecule has 0 radical (unpaired) electrons. The van der Waals surface area contributed by atoms with Crippen LogP contribution in [0.25, 0.3) is 0 Å². The van der Waals surface area contributed by atoms with E-state index in [0.717, 1.165) is 21.5 Å². The summed E-state index contributed by atoms with van der Waals surface area (Å²) in [5, 5.41) is 9.41. The van der Waals surface area contributed by atoms with E-state index in [-0.39, 0.29) is 0 Å². The summed E-state index contributed by atoms with van der Waals surface area (Å²) in [7, 11) is 0. The monoisotopic (exact) mass is 336 g/mol. The quantitative estimate of drug-likeness (QED) is 0.811. The van der Waals surface area contributed by atoms with Crippen molar-refractivity contribution in [1.29, 1.82) is 0 Å². The van der Waals surface area contributed by atoms with Crippen LogP contribution in [-0.4, -0.2) is 18.3 Å². The van der Waals surface area contributed by atoms with Gasteiger partial charge in [0.1, 0.15) is 24.7 Å². The average Bonchev–Trinajstić information content (AvgIpc) is 2.44. The Balaban J connectivity index is 1.75. The Morgan fingerprint density at radius 3 is 2.25 bits per heavy atom. The highest BCUT2D eigenvalue weighted by Gasteiger charge is 2.01. The van der Waals surface area contributed by atoms with Crippen LogP contribution < -0.4 is 9.47 Å². The lowest BCUT2D eigenvalue weighted by molar-refractivity contribution is 0.198. The highest BCUT2D eigenvalue weighted by molar-refractivity contribution is 9.10. The molecule has 2 aromatic rings. The summed E-state index contributed by atoms with van der Waals surface area (Å²) >= 11 is 3.39. The summed E-state index contributed by atoms with van der Waals surface area (Å²) in [6.45, 7) is 2.69. The van der Waals surface area contributed by atoms with Gasteiger partial charge in [-0.05, 0) is 42.8 Å². The van der Waals surface area contributed by atoms with E-state index in [0.29, 0.717) is 13.2 Å². The second-order valence-corrected chi connectivity index (χ2v) is 5.31. The summed E-state index contributed by atoms with van der Waals surface area (Å²) < 4.78 is 12.1. The maximum Gasteiger partial charge on any atom is 0.122 e. The fourth-order valence-electron chi connectivity index (χ4n) is 1.72. The Bertz CT molecular complexity index is 538. The van der Waals surface area contributed by atoms with Crippen molar-refractivity contribution in [3.8, 4) is 11.5 Å². The third-order valence-electron chi connectivity index (χ3n) is 2.78. The molecule has 2 aromatic carbocycles. The molecule has 0 aliphatic heterocycles. The van der Waals surface area contributed by atoms with Crippen LogP contribution >= 0.6 is 15.9 Å². The largest absolute Gasteiger partial charge is 0.490 e. The number of ether oxygens (including phenoxy) is 2. The molecule has 0 bridgehead atoms. The number of hydrogen-bond acceptors (Lipinski definition) is 3. The predicted molar refractivity (Wildman–Crippen MR) is 82.2 cm³/mol. The molecule has 0 heterocycles. The fourth-order valence-corrected chi connectivity index (χ4v) is 2.10. The molecule has 0 amide bonds. The lowest BCUT2D eigenvalue weighted by atomic mass is 10.1. The number of aliphatic hydroxyl groups excluding tert-OH is 1. The van der Waals surface area contributed by atoms with Crippen molar-refractivity contribution in [3.05, 3.63) is 58.6 Å². The van der Waals surface area contributed by atoms with Gasteiger partial charge < -0.3 is 14.6 Å². The fraction of sp³-hybridized carbons (Fsp3) is 0.250. The smallest absolute Gasteiger partial charge is 0.122 e. The summed E-state index contributed by atoms with van der Waals surface area (Å²) in [4.78, 5) is 0. The molecule has 1 atom stereocenters. The van der Waals surface area contributed by atoms with Crippen LogP contribution in [-0.2, 0) is 0 Å². The third kappa shape index (κ3) is 4.54. The molecule has 0 aromatic heterocycles. The minimum absolute atomic E-state index is 0.455. The Hall–Kier alpha value is -1.52. The van der Waals surface area contributed by atoms with Gasteiger partial charge in [-0.15, -0.1) is 0 Å². The average molecular weight is 337 g/mol. The van der Waals surface area contributed by atoms with E-state index in [1.807, 2.05) is 48.5 Å². The zero-order chi connectivity index (χ0) is 14.4. The molecular formula is C16H17BrO3. The van der Waals surface area contributed by atoms with Crippen molar-refractivity contribution >= 4 is 15.9 Å². The van der Waals surface area contributed by atoms with E-state index < -0.39 is 6.10 Å². The number of halogens is 1. The van der Waals surface area contributed by atoms with Gasteiger partial charge in [-0.2, -0.15) is 0 Å². The standard InChI is InChI=1S/C16H17BrO3/c1-12(18)13-5-7-15(8-6-13)19-9-10-20-16-4-2-3-14(17)11-16/h2-8,11-12,18H,9-10H2,1H3. The molecule has 0 spiro atoms. The first-order valence-corrected chi connectivity index (χ1v) is 7.23. The number of benzene rings is 2. The molecule has 0 fully saturated rings. The van der Waals surface area contributed by atoms with Crippen LogP contribution in [0, 0.1) is 0 Å². The molecule has 0 aliphatic carbocycles. The SMILES string of the molecule is CC(O)c1ccc(OCCOc2cccc(Br)c2)cc1. The lowest BCUT2D eigenvalue weighted by Gasteiger charge is -2.10. The Morgan fingerprint density at radius 1 is 1.00 bits per heavy atom. The van der Waals surface area contributed by atoms with E-state index in [2.05, 4.69) is 15.9 Å². The van der Waals surface area contributed by atoms with Crippen LogP contribution in [0.5, 0.6) is 11.5 Å². The zero-order valence-electron chi connectivity index (χ0n) is 11.3. The molecule has 2 rings (SSSR count). The maximum atomic E-state index is 9.41. The van der Waals surface area contributed by atoms with Crippen molar-refractivity contribution in [2.45, 2.75) is 13.0 Å². The summed E-state index contributed by atoms with van der Waals surface area (Å²) in [6.07, 6.45) is -0.455. The zero-order valence-corrected chi connectivity index (χ0v) is 12.8. The van der Waals surface area contributed by atoms with Gasteiger partial charge in [-0.25, -0.2) is 0 Å². The number of aliphatic hydroxyl groups is 1. The van der Waals surface area contributed by atoms with Gasteiger partial charge in [-0.3, -0.25) is 0 Å². The topological polar surface area (TPSA) is 38.7 Å². The predicted octanol–water partition coefficient (Wildman–Crippen LogP) is 3.96. The van der Waals surface area contributed by atoms with Gasteiger partial charge in [0, 0.05) is 4.47 Å². The second-order valence-electron chi connectivity index (χ2n) is 4.40. The van der Waals surface area contributed by atoms with Gasteiger partial charge in [0.2, 0.25) is 0 Å². The molecule has 1 unspecified atom stereocenters. The minimum Gasteiger partial charge on any atom is -0.490 e. The van der Waals surface area contributed by atoms with Crippen molar-refractivity contribution < 1.29 is 14.6 Å². The van der Waals surface area contributed by atoms with Crippen LogP contribution in [0.1, 0.15) is 18.6 Å². The molecule has 4 heteroatoms. The Labute approximate surface area is 127 Å². The van der Waals surface area contributed by atoms with Crippen LogP contribution in [0.4, 0.5) is 0 Å². The molecule has 3 nitrogen and oxygen atoms in total. The van der Waals surface area contributed by atoms with Crippen molar-refractivity contribution in [1.82, 2.24) is 0 Å². The van der Waals surface area contributed by atoms with E-state index >= 15 is 0 Å². The summed E-state index contributed by atoms with van der Waals surface area (Å²) in [6, 6.07) is 15.1. The number of hydrogen-bond donors (Lipinski definition) is 1. The van der Waals surface area contributed by atoms with E-state index in [9.17, 15) is 5.11 Å². The second kappa shape index (κ2) is 7.31. The van der Waals surface area contributed by atoms with E-state index in [1.165, 1.54) is 0 Å². The maximum absolute atomic E-state index is 9.41. The minimum atomic E-state index is -0.455. The molecule has 106 valence electrons. The van der Waals surface area contributed by atoms with Gasteiger partial charge in [-0.1, -0.05) is 34.1 Å². The lowest BCUT2D eigenvalue weighted by Crippen LogP contribution is -2.09. The van der Waals surface area contributed by atoms with Crippen LogP contribution in [0.2, 0.25) is 0 Å². The first-order valence-electron chi connectivity index (χ1n) is 6.44. The molecular weight excluding hydrogens is 320 g/mol. The summed E-state index contributed by atoms with van der Waals surface area (Å²) in [5.41, 5.74) is 0.878. The first kappa shape index (κ1) is 14.9. The van der Waals surface area contributed by atoms with Crippen molar-refractivity contribution in [2.24, 2.45) is 0 Å². The number of rotatable bonds is 6. The van der Waals surface area contributed by atoms with Gasteiger partial charge in [0.05, 0.1) is 6.10 Å². The first-order chi connectivity index (χ1) is 9.65. The van der Waals surface area contributed by atoms with E-state index in [1.54, 1.807) is 6.92 Å². The van der Waals surface area contributed by atoms with Crippen molar-refractivity contribution in [3.63, 3.8) is 0 Å². The Kier molecular flexibility index (Phi) is 5.44. The highest BCUT2D eigenvalue weighted by Crippen LogP contribution is 2.19. The van der Waals surface area contributed by atoms with Crippen molar-refractivity contribution in [2.75, 3.05) is 13.2 Å². The molecule has 1 N–H and O–H groups in total. The third-order valence-corrected chi connectivity index (χ3v) is 3.27. The molecule has 20 heavy (non-hydrogen) atoms. The highest BCUT2D eigenvalue weighted by atomic mass is 79.9. The van der Waals surface area contributed by atoms with E-state index in [4.69, 9.17) is 9.47 Å². The Morgan fingerprint density at radius 2 is 1.65 bits per heavy atom. The van der Waals surface area contributed by atoms with Gasteiger partial charge >= 0.3 is 0 Å². The van der Waals surface area contributed by atoms with Gasteiger partial charge in [0.15, 0.2) is 0 Å². The molecule has 0 saturated carbocycles. The molecule has 0 aliphatic rings. The van der Waals surface area contributed by atoms with Gasteiger partial charge in [0.25, 0.3) is 0 Å².